The number of amides is 1. The van der Waals surface area contributed by atoms with Crippen LogP contribution in [-0.2, 0) is 0 Å². The summed E-state index contributed by atoms with van der Waals surface area (Å²) in [5, 5.41) is 23.4. The maximum absolute atomic E-state index is 13.8. The van der Waals surface area contributed by atoms with Crippen molar-refractivity contribution in [1.82, 2.24) is 4.90 Å². The number of aryl methyl sites for hydroxylation is 3. The lowest BCUT2D eigenvalue weighted by Gasteiger charge is -2.42. The third-order valence-corrected chi connectivity index (χ3v) is 8.43. The molecule has 208 valence electrons. The number of para-hydroxylation sites is 2. The zero-order valence-corrected chi connectivity index (χ0v) is 23.7. The lowest BCUT2D eigenvalue weighted by atomic mass is 9.99. The van der Waals surface area contributed by atoms with E-state index in [9.17, 15) is 15.2 Å². The molecule has 2 aliphatic rings. The van der Waals surface area contributed by atoms with Crippen molar-refractivity contribution < 1.29 is 9.90 Å². The van der Waals surface area contributed by atoms with Gasteiger partial charge < -0.3 is 25.1 Å². The van der Waals surface area contributed by atoms with Crippen molar-refractivity contribution in [2.24, 2.45) is 0 Å². The normalized spacial score (nSPS) is 18.0. The summed E-state index contributed by atoms with van der Waals surface area (Å²) >= 11 is 0. The number of nitrogens with zero attached hydrogens (tertiary/aromatic N) is 4. The van der Waals surface area contributed by atoms with Crippen molar-refractivity contribution in [2.75, 3.05) is 54.4 Å². The number of hydrogen-bond donors (Lipinski definition) is 2. The van der Waals surface area contributed by atoms with Crippen LogP contribution < -0.4 is 15.1 Å². The minimum absolute atomic E-state index is 0.00462. The summed E-state index contributed by atoms with van der Waals surface area (Å²) in [6.07, 6.45) is 1.91. The van der Waals surface area contributed by atoms with Crippen molar-refractivity contribution in [3.8, 4) is 6.07 Å². The van der Waals surface area contributed by atoms with Gasteiger partial charge >= 0.3 is 0 Å². The molecule has 3 aromatic rings. The van der Waals surface area contributed by atoms with Gasteiger partial charge in [-0.15, -0.1) is 0 Å². The molecular formula is C33H39N5O2. The highest BCUT2D eigenvalue weighted by Crippen LogP contribution is 2.29. The number of hydrogen-bond acceptors (Lipinski definition) is 6. The summed E-state index contributed by atoms with van der Waals surface area (Å²) in [5.41, 5.74) is 7.83. The summed E-state index contributed by atoms with van der Waals surface area (Å²) in [4.78, 5) is 20.2. The van der Waals surface area contributed by atoms with Crippen molar-refractivity contribution in [3.05, 3.63) is 88.5 Å². The molecule has 2 N–H and O–H groups in total. The molecule has 0 aromatic heterocycles. The maximum Gasteiger partial charge on any atom is 0.254 e. The number of nitriles is 1. The maximum atomic E-state index is 13.8. The first-order valence-corrected chi connectivity index (χ1v) is 14.2. The van der Waals surface area contributed by atoms with Gasteiger partial charge in [0.25, 0.3) is 5.91 Å². The summed E-state index contributed by atoms with van der Waals surface area (Å²) in [5.74, 6) is 0.0198. The fourth-order valence-electron chi connectivity index (χ4n) is 6.14. The standard InChI is InChI=1S/C33H39N5O2/c1-23-8-4-6-10-31(23)38-17-16-37(21-28(38)22-39)33(40)29-19-30(25(3)18-24(29)2)35-27-12-14-36(15-13-27)32-11-7-5-9-26(32)20-34/h4-11,18-19,27-28,35,39H,12-17,21-22H2,1-3H3/t28-/m1/s1. The molecule has 3 aromatic carbocycles. The zero-order chi connectivity index (χ0) is 28.2. The molecule has 1 amide bonds. The Labute approximate surface area is 237 Å². The highest BCUT2D eigenvalue weighted by Gasteiger charge is 2.31. The molecular weight excluding hydrogens is 498 g/mol. The first-order valence-electron chi connectivity index (χ1n) is 14.2. The fourth-order valence-corrected chi connectivity index (χ4v) is 6.14. The number of aliphatic hydroxyl groups excluding tert-OH is 1. The summed E-state index contributed by atoms with van der Waals surface area (Å²) in [7, 11) is 0. The Balaban J connectivity index is 1.26. The van der Waals surface area contributed by atoms with Crippen molar-refractivity contribution in [2.45, 2.75) is 45.7 Å². The molecule has 0 radical (unpaired) electrons. The summed E-state index contributed by atoms with van der Waals surface area (Å²) in [6.45, 7) is 9.71. The molecule has 0 unspecified atom stereocenters. The minimum Gasteiger partial charge on any atom is -0.394 e. The highest BCUT2D eigenvalue weighted by atomic mass is 16.3. The smallest absolute Gasteiger partial charge is 0.254 e. The highest BCUT2D eigenvalue weighted by molar-refractivity contribution is 5.97. The van der Waals surface area contributed by atoms with E-state index in [4.69, 9.17) is 0 Å². The van der Waals surface area contributed by atoms with E-state index in [1.165, 1.54) is 5.56 Å². The molecule has 0 saturated carbocycles. The van der Waals surface area contributed by atoms with Crippen LogP contribution in [-0.4, -0.2) is 67.3 Å². The van der Waals surface area contributed by atoms with Gasteiger partial charge in [-0.05, 0) is 74.6 Å². The predicted octanol–water partition coefficient (Wildman–Crippen LogP) is 4.89. The van der Waals surface area contributed by atoms with E-state index in [2.05, 4.69) is 53.2 Å². The lowest BCUT2D eigenvalue weighted by Crippen LogP contribution is -2.56. The number of carbonyl (C=O) groups excluding carboxylic acids is 1. The Hall–Kier alpha value is -4.02. The topological polar surface area (TPSA) is 82.8 Å². The largest absolute Gasteiger partial charge is 0.394 e. The monoisotopic (exact) mass is 537 g/mol. The van der Waals surface area contributed by atoms with Crippen LogP contribution in [0.25, 0.3) is 0 Å². The number of nitrogens with one attached hydrogen (secondary N) is 1. The van der Waals surface area contributed by atoms with Gasteiger partial charge in [-0.3, -0.25) is 4.79 Å². The van der Waals surface area contributed by atoms with E-state index >= 15 is 0 Å². The van der Waals surface area contributed by atoms with Gasteiger partial charge in [-0.2, -0.15) is 5.26 Å². The second kappa shape index (κ2) is 12.0. The molecule has 0 aliphatic carbocycles. The van der Waals surface area contributed by atoms with Crippen LogP contribution in [0.2, 0.25) is 0 Å². The molecule has 0 bridgehead atoms. The van der Waals surface area contributed by atoms with Crippen LogP contribution >= 0.6 is 0 Å². The second-order valence-corrected chi connectivity index (χ2v) is 11.1. The third-order valence-electron chi connectivity index (χ3n) is 8.43. The number of benzene rings is 3. The van der Waals surface area contributed by atoms with Gasteiger partial charge in [0.05, 0.1) is 23.9 Å². The van der Waals surface area contributed by atoms with Crippen molar-refractivity contribution >= 4 is 23.0 Å². The quantitative estimate of drug-likeness (QED) is 0.466. The fraction of sp³-hybridized carbons (Fsp3) is 0.394. The number of carbonyl (C=O) groups is 1. The molecule has 2 fully saturated rings. The van der Waals surface area contributed by atoms with E-state index in [0.29, 0.717) is 25.7 Å². The van der Waals surface area contributed by atoms with Gasteiger partial charge in [0.15, 0.2) is 0 Å². The number of anilines is 3. The summed E-state index contributed by atoms with van der Waals surface area (Å²) in [6, 6.07) is 22.6. The van der Waals surface area contributed by atoms with E-state index in [0.717, 1.165) is 65.2 Å². The van der Waals surface area contributed by atoms with Crippen LogP contribution in [0.15, 0.2) is 60.7 Å². The van der Waals surface area contributed by atoms with Gasteiger partial charge in [-0.1, -0.05) is 36.4 Å². The average molecular weight is 538 g/mol. The van der Waals surface area contributed by atoms with Crippen LogP contribution in [0.4, 0.5) is 17.1 Å². The third kappa shape index (κ3) is 5.64. The number of rotatable bonds is 6. The molecule has 2 aliphatic heterocycles. The molecule has 40 heavy (non-hydrogen) atoms. The first kappa shape index (κ1) is 27.5. The minimum atomic E-state index is -0.140. The van der Waals surface area contributed by atoms with Gasteiger partial charge in [0.1, 0.15) is 6.07 Å². The lowest BCUT2D eigenvalue weighted by molar-refractivity contribution is 0.0698. The number of aliphatic hydroxyl groups is 1. The first-order chi connectivity index (χ1) is 19.4. The van der Waals surface area contributed by atoms with E-state index < -0.39 is 0 Å². The van der Waals surface area contributed by atoms with Gasteiger partial charge in [0, 0.05) is 55.7 Å². The Morgan fingerprint density at radius 3 is 2.33 bits per heavy atom. The average Bonchev–Trinajstić information content (AvgIpc) is 2.98. The molecule has 2 heterocycles. The SMILES string of the molecule is Cc1cc(C)c(C(=O)N2CCN(c3ccccc3C)[C@@H](CO)C2)cc1NC1CCN(c2ccccc2C#N)CC1. The van der Waals surface area contributed by atoms with Crippen LogP contribution in [0.1, 0.15) is 45.5 Å². The Kier molecular flexibility index (Phi) is 8.27. The van der Waals surface area contributed by atoms with Gasteiger partial charge in [0.2, 0.25) is 0 Å². The molecule has 7 nitrogen and oxygen atoms in total. The Morgan fingerprint density at radius 2 is 1.62 bits per heavy atom. The molecule has 7 heteroatoms. The van der Waals surface area contributed by atoms with Crippen molar-refractivity contribution in [1.29, 1.82) is 5.26 Å². The van der Waals surface area contributed by atoms with Gasteiger partial charge in [-0.25, -0.2) is 0 Å². The summed E-state index contributed by atoms with van der Waals surface area (Å²) < 4.78 is 0. The van der Waals surface area contributed by atoms with E-state index in [1.807, 2.05) is 54.3 Å². The van der Waals surface area contributed by atoms with Crippen LogP contribution in [0.5, 0.6) is 0 Å². The molecule has 2 saturated heterocycles. The Bertz CT molecular complexity index is 1410. The van der Waals surface area contributed by atoms with Crippen LogP contribution in [0.3, 0.4) is 0 Å². The van der Waals surface area contributed by atoms with Crippen molar-refractivity contribution in [3.63, 3.8) is 0 Å². The molecule has 1 atom stereocenters. The van der Waals surface area contributed by atoms with E-state index in [1.54, 1.807) is 0 Å². The predicted molar refractivity (Wildman–Crippen MR) is 161 cm³/mol. The second-order valence-electron chi connectivity index (χ2n) is 11.1. The molecule has 5 rings (SSSR count). The van der Waals surface area contributed by atoms with E-state index in [-0.39, 0.29) is 18.6 Å². The zero-order valence-electron chi connectivity index (χ0n) is 23.7. The molecule has 0 spiro atoms. The Morgan fingerprint density at radius 1 is 0.925 bits per heavy atom. The number of piperidine rings is 1. The number of piperazine rings is 1. The van der Waals surface area contributed by atoms with Crippen LogP contribution in [0, 0.1) is 32.1 Å².